The Kier molecular flexibility index (Phi) is 2.31. The summed E-state index contributed by atoms with van der Waals surface area (Å²) in [5.41, 5.74) is -0.621. The van der Waals surface area contributed by atoms with E-state index in [1.165, 1.54) is 11.3 Å². The van der Waals surface area contributed by atoms with Crippen LogP contribution in [0.5, 0.6) is 5.06 Å². The second-order valence-electron chi connectivity index (χ2n) is 3.34. The maximum absolute atomic E-state index is 11.0. The number of thiophene rings is 1. The highest BCUT2D eigenvalue weighted by molar-refractivity contribution is 9.10. The summed E-state index contributed by atoms with van der Waals surface area (Å²) >= 11 is 4.75. The summed E-state index contributed by atoms with van der Waals surface area (Å²) in [6.45, 7) is 0. The van der Waals surface area contributed by atoms with Crippen molar-refractivity contribution in [2.45, 2.75) is 18.3 Å². The van der Waals surface area contributed by atoms with Gasteiger partial charge in [0.05, 0.1) is 11.6 Å². The molecule has 1 saturated carbocycles. The Labute approximate surface area is 93.8 Å². The Morgan fingerprint density at radius 3 is 2.71 bits per heavy atom. The number of carbonyl (C=O) groups is 1. The van der Waals surface area contributed by atoms with E-state index in [1.54, 1.807) is 7.11 Å². The Hall–Kier alpha value is -0.550. The molecule has 0 radical (unpaired) electrons. The lowest BCUT2D eigenvalue weighted by Crippen LogP contribution is -2.17. The minimum absolute atomic E-state index is 0.621. The molecule has 0 bridgehead atoms. The second-order valence-corrected chi connectivity index (χ2v) is 5.21. The van der Waals surface area contributed by atoms with Gasteiger partial charge < -0.3 is 9.84 Å². The molecule has 0 saturated heterocycles. The van der Waals surface area contributed by atoms with Crippen LogP contribution in [0.2, 0.25) is 0 Å². The van der Waals surface area contributed by atoms with Crippen molar-refractivity contribution in [1.82, 2.24) is 0 Å². The van der Waals surface area contributed by atoms with Crippen LogP contribution in [0, 0.1) is 0 Å². The summed E-state index contributed by atoms with van der Waals surface area (Å²) in [7, 11) is 1.58. The van der Waals surface area contributed by atoms with Gasteiger partial charge in [0.15, 0.2) is 5.06 Å². The molecule has 76 valence electrons. The Balaban J connectivity index is 2.38. The van der Waals surface area contributed by atoms with E-state index in [2.05, 4.69) is 15.9 Å². The summed E-state index contributed by atoms with van der Waals surface area (Å²) in [5, 5.41) is 9.82. The van der Waals surface area contributed by atoms with Crippen molar-refractivity contribution in [3.8, 4) is 5.06 Å². The van der Waals surface area contributed by atoms with Crippen LogP contribution in [0.4, 0.5) is 0 Å². The van der Waals surface area contributed by atoms with E-state index < -0.39 is 11.4 Å². The molecule has 1 aromatic rings. The average Bonchev–Trinajstić information content (AvgIpc) is 2.86. The van der Waals surface area contributed by atoms with Crippen LogP contribution in [0.3, 0.4) is 0 Å². The van der Waals surface area contributed by atoms with Crippen molar-refractivity contribution >= 4 is 33.2 Å². The van der Waals surface area contributed by atoms with Gasteiger partial charge in [0.25, 0.3) is 0 Å². The molecular weight excluding hydrogens is 268 g/mol. The van der Waals surface area contributed by atoms with Gasteiger partial charge in [-0.1, -0.05) is 0 Å². The van der Waals surface area contributed by atoms with Crippen LogP contribution in [-0.4, -0.2) is 18.2 Å². The quantitative estimate of drug-likeness (QED) is 0.923. The van der Waals surface area contributed by atoms with Crippen molar-refractivity contribution in [1.29, 1.82) is 0 Å². The normalized spacial score (nSPS) is 17.9. The topological polar surface area (TPSA) is 46.5 Å². The molecule has 14 heavy (non-hydrogen) atoms. The standard InChI is InChI=1S/C9H9BrO3S/c1-13-7-5(10)4-6(14-7)9(2-3-9)8(11)12/h4H,2-3H2,1H3,(H,11,12). The lowest BCUT2D eigenvalue weighted by Gasteiger charge is -2.04. The molecule has 2 rings (SSSR count). The summed E-state index contributed by atoms with van der Waals surface area (Å²) in [5.74, 6) is -0.728. The lowest BCUT2D eigenvalue weighted by molar-refractivity contribution is -0.139. The Bertz CT molecular complexity index is 381. The van der Waals surface area contributed by atoms with Gasteiger partial charge in [0, 0.05) is 4.88 Å². The molecule has 1 fully saturated rings. The van der Waals surface area contributed by atoms with Crippen LogP contribution in [-0.2, 0) is 10.2 Å². The number of hydrogen-bond donors (Lipinski definition) is 1. The Morgan fingerprint density at radius 2 is 2.36 bits per heavy atom. The first-order valence-electron chi connectivity index (χ1n) is 4.17. The van der Waals surface area contributed by atoms with Crippen LogP contribution in [0.25, 0.3) is 0 Å². The number of hydrogen-bond acceptors (Lipinski definition) is 3. The van der Waals surface area contributed by atoms with Gasteiger partial charge in [-0.15, -0.1) is 11.3 Å². The molecule has 1 aliphatic rings. The molecule has 1 N–H and O–H groups in total. The number of rotatable bonds is 3. The molecule has 1 aromatic heterocycles. The van der Waals surface area contributed by atoms with Crippen LogP contribution in [0.15, 0.2) is 10.5 Å². The average molecular weight is 277 g/mol. The number of aliphatic carboxylic acids is 1. The van der Waals surface area contributed by atoms with Gasteiger partial charge in [-0.05, 0) is 34.8 Å². The van der Waals surface area contributed by atoms with Gasteiger partial charge in [-0.2, -0.15) is 0 Å². The molecule has 0 spiro atoms. The number of halogens is 1. The van der Waals surface area contributed by atoms with E-state index in [4.69, 9.17) is 9.84 Å². The summed E-state index contributed by atoms with van der Waals surface area (Å²) in [4.78, 5) is 11.9. The summed E-state index contributed by atoms with van der Waals surface area (Å²) in [6, 6.07) is 1.85. The molecule has 0 amide bonds. The smallest absolute Gasteiger partial charge is 0.314 e. The van der Waals surface area contributed by atoms with Gasteiger partial charge in [0.1, 0.15) is 5.41 Å². The first-order valence-corrected chi connectivity index (χ1v) is 5.78. The van der Waals surface area contributed by atoms with E-state index in [-0.39, 0.29) is 0 Å². The maximum Gasteiger partial charge on any atom is 0.314 e. The molecular formula is C9H9BrO3S. The molecule has 5 heteroatoms. The van der Waals surface area contributed by atoms with E-state index in [1.807, 2.05) is 6.07 Å². The molecule has 0 unspecified atom stereocenters. The predicted octanol–water partition coefficient (Wildman–Crippen LogP) is 2.64. The number of carboxylic acid groups (broad SMARTS) is 1. The van der Waals surface area contributed by atoms with E-state index in [9.17, 15) is 4.79 Å². The van der Waals surface area contributed by atoms with Gasteiger partial charge in [-0.3, -0.25) is 4.79 Å². The zero-order chi connectivity index (χ0) is 10.3. The highest BCUT2D eigenvalue weighted by atomic mass is 79.9. The summed E-state index contributed by atoms with van der Waals surface area (Å²) < 4.78 is 5.95. The second kappa shape index (κ2) is 3.24. The highest BCUT2D eigenvalue weighted by Crippen LogP contribution is 2.53. The summed E-state index contributed by atoms with van der Waals surface area (Å²) in [6.07, 6.45) is 1.47. The first-order chi connectivity index (χ1) is 6.60. The third kappa shape index (κ3) is 1.35. The molecule has 0 aliphatic heterocycles. The molecule has 3 nitrogen and oxygen atoms in total. The van der Waals surface area contributed by atoms with Gasteiger partial charge in [0.2, 0.25) is 0 Å². The monoisotopic (exact) mass is 276 g/mol. The fourth-order valence-electron chi connectivity index (χ4n) is 1.42. The SMILES string of the molecule is COc1sc(C2(C(=O)O)CC2)cc1Br. The highest BCUT2D eigenvalue weighted by Gasteiger charge is 2.53. The maximum atomic E-state index is 11.0. The number of methoxy groups -OCH3 is 1. The van der Waals surface area contributed by atoms with Crippen LogP contribution < -0.4 is 4.74 Å². The fraction of sp³-hybridized carbons (Fsp3) is 0.444. The molecule has 1 heterocycles. The van der Waals surface area contributed by atoms with Crippen molar-refractivity contribution < 1.29 is 14.6 Å². The lowest BCUT2D eigenvalue weighted by atomic mass is 10.1. The van der Waals surface area contributed by atoms with Crippen LogP contribution >= 0.6 is 27.3 Å². The number of carboxylic acids is 1. The fourth-order valence-corrected chi connectivity index (χ4v) is 3.31. The molecule has 1 aliphatic carbocycles. The van der Waals surface area contributed by atoms with Crippen molar-refractivity contribution in [3.63, 3.8) is 0 Å². The third-order valence-electron chi connectivity index (χ3n) is 2.47. The van der Waals surface area contributed by atoms with E-state index in [0.29, 0.717) is 0 Å². The zero-order valence-corrected chi connectivity index (χ0v) is 9.94. The van der Waals surface area contributed by atoms with Gasteiger partial charge >= 0.3 is 5.97 Å². The van der Waals surface area contributed by atoms with Crippen LogP contribution in [0.1, 0.15) is 17.7 Å². The van der Waals surface area contributed by atoms with E-state index >= 15 is 0 Å². The predicted molar refractivity (Wildman–Crippen MR) is 57.1 cm³/mol. The first kappa shape index (κ1) is 9.98. The van der Waals surface area contributed by atoms with Gasteiger partial charge in [-0.25, -0.2) is 0 Å². The molecule has 0 aromatic carbocycles. The minimum Gasteiger partial charge on any atom is -0.486 e. The third-order valence-corrected chi connectivity index (χ3v) is 4.62. The minimum atomic E-state index is -0.728. The Morgan fingerprint density at radius 1 is 1.71 bits per heavy atom. The van der Waals surface area contributed by atoms with Crippen molar-refractivity contribution in [3.05, 3.63) is 15.4 Å². The zero-order valence-electron chi connectivity index (χ0n) is 7.54. The molecule has 0 atom stereocenters. The van der Waals surface area contributed by atoms with Crippen molar-refractivity contribution in [2.75, 3.05) is 7.11 Å². The van der Waals surface area contributed by atoms with E-state index in [0.717, 1.165) is 27.3 Å². The van der Waals surface area contributed by atoms with Crippen molar-refractivity contribution in [2.24, 2.45) is 0 Å². The number of ether oxygens (including phenoxy) is 1. The largest absolute Gasteiger partial charge is 0.486 e.